The Morgan fingerprint density at radius 2 is 2.04 bits per heavy atom. The molecule has 3 rings (SSSR count). The number of guanidine groups is 1. The standard InChI is InChI=1S/C20H29ClN6/c1-22-20(24-13-11-16-7-5-8-17(21)15-16)23-12-6-10-19-26-25-18-9-3-2-4-14-27(18)19/h5,7-8,15H,2-4,6,9-14H2,1H3,(H2,22,23,24). The molecule has 2 heterocycles. The topological polar surface area (TPSA) is 67.1 Å². The van der Waals surface area contributed by atoms with Gasteiger partial charge < -0.3 is 15.2 Å². The number of aliphatic imine (C=N–C) groups is 1. The van der Waals surface area contributed by atoms with E-state index in [1.165, 1.54) is 24.8 Å². The Labute approximate surface area is 166 Å². The Kier molecular flexibility index (Phi) is 7.51. The Balaban J connectivity index is 1.37. The molecule has 0 saturated heterocycles. The lowest BCUT2D eigenvalue weighted by Crippen LogP contribution is -2.38. The normalized spacial score (nSPS) is 14.5. The van der Waals surface area contributed by atoms with Crippen molar-refractivity contribution < 1.29 is 0 Å². The van der Waals surface area contributed by atoms with Crippen LogP contribution < -0.4 is 10.6 Å². The van der Waals surface area contributed by atoms with Crippen LogP contribution in [0.1, 0.15) is 42.9 Å². The monoisotopic (exact) mass is 388 g/mol. The number of rotatable bonds is 7. The number of aryl methyl sites for hydroxylation is 2. The van der Waals surface area contributed by atoms with Gasteiger partial charge in [0.2, 0.25) is 0 Å². The molecule has 2 aromatic rings. The molecule has 0 bridgehead atoms. The van der Waals surface area contributed by atoms with E-state index in [0.717, 1.165) is 67.9 Å². The van der Waals surface area contributed by atoms with Crippen molar-refractivity contribution >= 4 is 17.6 Å². The second kappa shape index (κ2) is 10.3. The van der Waals surface area contributed by atoms with E-state index in [9.17, 15) is 0 Å². The molecule has 0 atom stereocenters. The van der Waals surface area contributed by atoms with Gasteiger partial charge in [0, 0.05) is 44.5 Å². The van der Waals surface area contributed by atoms with E-state index in [4.69, 9.17) is 11.6 Å². The van der Waals surface area contributed by atoms with Crippen LogP contribution in [0.4, 0.5) is 0 Å². The van der Waals surface area contributed by atoms with Crippen LogP contribution >= 0.6 is 11.6 Å². The molecule has 7 heteroatoms. The number of hydrogen-bond acceptors (Lipinski definition) is 3. The average Bonchev–Trinajstić information content (AvgIpc) is 2.90. The zero-order chi connectivity index (χ0) is 18.9. The van der Waals surface area contributed by atoms with Gasteiger partial charge in [0.15, 0.2) is 5.96 Å². The zero-order valence-electron chi connectivity index (χ0n) is 16.0. The second-order valence-electron chi connectivity index (χ2n) is 6.90. The number of hydrogen-bond donors (Lipinski definition) is 2. The van der Waals surface area contributed by atoms with Crippen molar-refractivity contribution in [3.63, 3.8) is 0 Å². The van der Waals surface area contributed by atoms with Gasteiger partial charge in [-0.15, -0.1) is 10.2 Å². The molecule has 1 aliphatic rings. The molecular formula is C20H29ClN6. The second-order valence-corrected chi connectivity index (χ2v) is 7.34. The molecule has 0 amide bonds. The number of nitrogens with zero attached hydrogens (tertiary/aromatic N) is 4. The van der Waals surface area contributed by atoms with Crippen molar-refractivity contribution in [2.45, 2.75) is 51.5 Å². The van der Waals surface area contributed by atoms with Gasteiger partial charge in [-0.1, -0.05) is 30.2 Å². The summed E-state index contributed by atoms with van der Waals surface area (Å²) in [6.45, 7) is 2.74. The van der Waals surface area contributed by atoms with E-state index in [2.05, 4.69) is 36.5 Å². The Hall–Kier alpha value is -2.08. The molecule has 2 N–H and O–H groups in total. The third-order valence-electron chi connectivity index (χ3n) is 4.87. The predicted molar refractivity (Wildman–Crippen MR) is 110 cm³/mol. The third-order valence-corrected chi connectivity index (χ3v) is 5.11. The fourth-order valence-electron chi connectivity index (χ4n) is 3.42. The molecule has 1 aromatic carbocycles. The summed E-state index contributed by atoms with van der Waals surface area (Å²) >= 11 is 6.03. The van der Waals surface area contributed by atoms with Gasteiger partial charge in [0.05, 0.1) is 0 Å². The van der Waals surface area contributed by atoms with E-state index >= 15 is 0 Å². The molecule has 6 nitrogen and oxygen atoms in total. The minimum absolute atomic E-state index is 0.779. The maximum Gasteiger partial charge on any atom is 0.190 e. The summed E-state index contributed by atoms with van der Waals surface area (Å²) in [5, 5.41) is 16.3. The van der Waals surface area contributed by atoms with Crippen molar-refractivity contribution in [1.29, 1.82) is 0 Å². The molecule has 0 radical (unpaired) electrons. The molecule has 0 fully saturated rings. The van der Waals surface area contributed by atoms with Gasteiger partial charge in [-0.3, -0.25) is 4.99 Å². The maximum absolute atomic E-state index is 6.03. The van der Waals surface area contributed by atoms with Crippen LogP contribution in [0, 0.1) is 0 Å². The molecule has 146 valence electrons. The molecular weight excluding hydrogens is 360 g/mol. The molecule has 0 saturated carbocycles. The highest BCUT2D eigenvalue weighted by molar-refractivity contribution is 6.30. The summed E-state index contributed by atoms with van der Waals surface area (Å²) < 4.78 is 2.32. The summed E-state index contributed by atoms with van der Waals surface area (Å²) in [6.07, 6.45) is 7.69. The van der Waals surface area contributed by atoms with Crippen LogP contribution in [0.25, 0.3) is 0 Å². The first-order valence-electron chi connectivity index (χ1n) is 9.86. The smallest absolute Gasteiger partial charge is 0.190 e. The summed E-state index contributed by atoms with van der Waals surface area (Å²) in [6, 6.07) is 7.97. The fraction of sp³-hybridized carbons (Fsp3) is 0.550. The van der Waals surface area contributed by atoms with Gasteiger partial charge in [-0.25, -0.2) is 0 Å². The van der Waals surface area contributed by atoms with E-state index < -0.39 is 0 Å². The predicted octanol–water partition coefficient (Wildman–Crippen LogP) is 3.00. The first kappa shape index (κ1) is 19.7. The zero-order valence-corrected chi connectivity index (χ0v) is 16.8. The fourth-order valence-corrected chi connectivity index (χ4v) is 3.63. The lowest BCUT2D eigenvalue weighted by atomic mass is 10.1. The van der Waals surface area contributed by atoms with Crippen LogP contribution in [-0.4, -0.2) is 40.9 Å². The molecule has 1 aromatic heterocycles. The number of fused-ring (bicyclic) bond motifs is 1. The largest absolute Gasteiger partial charge is 0.356 e. The summed E-state index contributed by atoms with van der Waals surface area (Å²) in [5.41, 5.74) is 1.22. The quantitative estimate of drug-likeness (QED) is 0.434. The van der Waals surface area contributed by atoms with Crippen LogP contribution in [0.15, 0.2) is 29.3 Å². The van der Waals surface area contributed by atoms with Crippen LogP contribution in [-0.2, 0) is 25.8 Å². The molecule has 0 unspecified atom stereocenters. The molecule has 0 spiro atoms. The van der Waals surface area contributed by atoms with E-state index in [0.29, 0.717) is 0 Å². The molecule has 1 aliphatic heterocycles. The van der Waals surface area contributed by atoms with Gasteiger partial charge in [-0.05, 0) is 43.4 Å². The lowest BCUT2D eigenvalue weighted by molar-refractivity contribution is 0.594. The highest BCUT2D eigenvalue weighted by Gasteiger charge is 2.14. The van der Waals surface area contributed by atoms with Crippen LogP contribution in [0.5, 0.6) is 0 Å². The van der Waals surface area contributed by atoms with Gasteiger partial charge in [0.1, 0.15) is 11.6 Å². The number of nitrogens with one attached hydrogen (secondary N) is 2. The summed E-state index contributed by atoms with van der Waals surface area (Å²) in [7, 11) is 1.80. The summed E-state index contributed by atoms with van der Waals surface area (Å²) in [4.78, 5) is 4.29. The van der Waals surface area contributed by atoms with E-state index in [1.54, 1.807) is 7.05 Å². The number of benzene rings is 1. The van der Waals surface area contributed by atoms with Crippen molar-refractivity contribution in [1.82, 2.24) is 25.4 Å². The Morgan fingerprint density at radius 1 is 1.15 bits per heavy atom. The highest BCUT2D eigenvalue weighted by Crippen LogP contribution is 2.15. The molecule has 27 heavy (non-hydrogen) atoms. The Bertz CT molecular complexity index is 755. The van der Waals surface area contributed by atoms with E-state index in [1.807, 2.05) is 18.2 Å². The number of halogens is 1. The minimum atomic E-state index is 0.779. The van der Waals surface area contributed by atoms with Crippen molar-refractivity contribution in [3.8, 4) is 0 Å². The Morgan fingerprint density at radius 3 is 2.89 bits per heavy atom. The van der Waals surface area contributed by atoms with Gasteiger partial charge in [0.25, 0.3) is 0 Å². The van der Waals surface area contributed by atoms with Crippen molar-refractivity contribution in [3.05, 3.63) is 46.5 Å². The van der Waals surface area contributed by atoms with Crippen LogP contribution in [0.3, 0.4) is 0 Å². The molecule has 0 aliphatic carbocycles. The first-order chi connectivity index (χ1) is 13.3. The van der Waals surface area contributed by atoms with Crippen molar-refractivity contribution in [2.75, 3.05) is 20.1 Å². The third kappa shape index (κ3) is 5.96. The first-order valence-corrected chi connectivity index (χ1v) is 10.2. The SMILES string of the molecule is CN=C(NCCCc1nnc2n1CCCCC2)NCCc1cccc(Cl)c1. The number of aromatic nitrogens is 3. The minimum Gasteiger partial charge on any atom is -0.356 e. The van der Waals surface area contributed by atoms with Gasteiger partial charge in [-0.2, -0.15) is 0 Å². The van der Waals surface area contributed by atoms with Crippen molar-refractivity contribution in [2.24, 2.45) is 4.99 Å². The summed E-state index contributed by atoms with van der Waals surface area (Å²) in [5.74, 6) is 3.11. The maximum atomic E-state index is 6.03. The van der Waals surface area contributed by atoms with E-state index in [-0.39, 0.29) is 0 Å². The van der Waals surface area contributed by atoms with Crippen LogP contribution in [0.2, 0.25) is 5.02 Å². The lowest BCUT2D eigenvalue weighted by Gasteiger charge is -2.12. The highest BCUT2D eigenvalue weighted by atomic mass is 35.5. The average molecular weight is 389 g/mol. The van der Waals surface area contributed by atoms with Gasteiger partial charge >= 0.3 is 0 Å².